The molecule has 112 valence electrons. The number of aryl methyl sites for hydroxylation is 2. The van der Waals surface area contributed by atoms with Crippen LogP contribution < -0.4 is 10.5 Å². The van der Waals surface area contributed by atoms with Crippen molar-refractivity contribution < 1.29 is 4.74 Å². The average molecular weight is 372 g/mol. The van der Waals surface area contributed by atoms with Gasteiger partial charge < -0.3 is 10.5 Å². The topological polar surface area (TPSA) is 76.9 Å². The third-order valence-corrected chi connectivity index (χ3v) is 4.32. The molecular formula is C14H16BrClN4O. The Morgan fingerprint density at radius 1 is 1.52 bits per heavy atom. The second-order valence-corrected chi connectivity index (χ2v) is 5.73. The summed E-state index contributed by atoms with van der Waals surface area (Å²) in [6, 6.07) is 5.04. The molecule has 0 aliphatic rings. The summed E-state index contributed by atoms with van der Waals surface area (Å²) in [7, 11) is 1.88. The molecule has 0 spiro atoms. The highest BCUT2D eigenvalue weighted by Gasteiger charge is 2.14. The first-order valence-corrected chi connectivity index (χ1v) is 7.58. The van der Waals surface area contributed by atoms with Crippen molar-refractivity contribution >= 4 is 33.4 Å². The summed E-state index contributed by atoms with van der Waals surface area (Å²) in [5.41, 5.74) is 7.93. The maximum absolute atomic E-state index is 7.38. The van der Waals surface area contributed by atoms with Crippen LogP contribution in [0.5, 0.6) is 5.75 Å². The van der Waals surface area contributed by atoms with Crippen LogP contribution >= 0.6 is 27.5 Å². The van der Waals surface area contributed by atoms with Crippen molar-refractivity contribution in [2.45, 2.75) is 20.0 Å². The Hall–Kier alpha value is -1.53. The Kier molecular flexibility index (Phi) is 4.90. The van der Waals surface area contributed by atoms with Gasteiger partial charge in [0.25, 0.3) is 0 Å². The number of ether oxygens (including phenoxy) is 1. The monoisotopic (exact) mass is 370 g/mol. The molecule has 0 fully saturated rings. The number of aromatic nitrogens is 2. The van der Waals surface area contributed by atoms with Gasteiger partial charge in [-0.05, 0) is 40.5 Å². The van der Waals surface area contributed by atoms with Crippen LogP contribution in [0.15, 0.2) is 22.7 Å². The second-order valence-electron chi connectivity index (χ2n) is 4.53. The largest absolute Gasteiger partial charge is 0.486 e. The molecule has 0 saturated carbocycles. The van der Waals surface area contributed by atoms with Crippen LogP contribution in [0.1, 0.15) is 23.9 Å². The zero-order valence-corrected chi connectivity index (χ0v) is 14.1. The first-order chi connectivity index (χ1) is 9.93. The Labute approximate surface area is 136 Å². The van der Waals surface area contributed by atoms with Crippen molar-refractivity contribution in [2.24, 2.45) is 12.8 Å². The minimum Gasteiger partial charge on any atom is -0.486 e. The number of nitrogens with two attached hydrogens (primary N) is 1. The van der Waals surface area contributed by atoms with Gasteiger partial charge in [-0.3, -0.25) is 10.1 Å². The van der Waals surface area contributed by atoms with E-state index < -0.39 is 0 Å². The molecule has 2 rings (SSSR count). The third-order valence-electron chi connectivity index (χ3n) is 3.11. The summed E-state index contributed by atoms with van der Waals surface area (Å²) in [5, 5.41) is 12.2. The van der Waals surface area contributed by atoms with E-state index in [1.807, 2.05) is 7.05 Å². The van der Waals surface area contributed by atoms with E-state index in [1.54, 1.807) is 22.9 Å². The molecule has 21 heavy (non-hydrogen) atoms. The molecule has 1 aromatic heterocycles. The van der Waals surface area contributed by atoms with Crippen LogP contribution in [0.3, 0.4) is 0 Å². The van der Waals surface area contributed by atoms with E-state index >= 15 is 0 Å². The van der Waals surface area contributed by atoms with Gasteiger partial charge >= 0.3 is 0 Å². The molecule has 0 aliphatic heterocycles. The standard InChI is InChI=1S/C14H16BrClN4O/c1-3-10-13(15)11(20(2)19-10)7-21-12-5-4-8(14(17)18)6-9(12)16/h4-6H,3,7H2,1-2H3,(H3,17,18). The highest BCUT2D eigenvalue weighted by Crippen LogP contribution is 2.28. The van der Waals surface area contributed by atoms with E-state index in [-0.39, 0.29) is 5.84 Å². The van der Waals surface area contributed by atoms with E-state index in [2.05, 4.69) is 28.0 Å². The van der Waals surface area contributed by atoms with Gasteiger partial charge in [0.05, 0.1) is 20.9 Å². The van der Waals surface area contributed by atoms with Crippen molar-refractivity contribution in [2.75, 3.05) is 0 Å². The first kappa shape index (κ1) is 15.9. The summed E-state index contributed by atoms with van der Waals surface area (Å²) in [4.78, 5) is 0. The number of hydrogen-bond donors (Lipinski definition) is 2. The van der Waals surface area contributed by atoms with Gasteiger partial charge in [0.2, 0.25) is 0 Å². The molecule has 0 saturated heterocycles. The van der Waals surface area contributed by atoms with E-state index in [0.717, 1.165) is 22.3 Å². The fourth-order valence-electron chi connectivity index (χ4n) is 1.91. The van der Waals surface area contributed by atoms with Gasteiger partial charge in [0.15, 0.2) is 0 Å². The molecule has 0 amide bonds. The quantitative estimate of drug-likeness (QED) is 0.625. The zero-order chi connectivity index (χ0) is 15.6. The van der Waals surface area contributed by atoms with Gasteiger partial charge in [-0.1, -0.05) is 18.5 Å². The van der Waals surface area contributed by atoms with E-state index in [9.17, 15) is 0 Å². The van der Waals surface area contributed by atoms with Crippen LogP contribution in [0.2, 0.25) is 5.02 Å². The lowest BCUT2D eigenvalue weighted by Gasteiger charge is -2.10. The minimum atomic E-state index is -0.0228. The number of hydrogen-bond acceptors (Lipinski definition) is 3. The Morgan fingerprint density at radius 2 is 2.24 bits per heavy atom. The van der Waals surface area contributed by atoms with Crippen LogP contribution in [0, 0.1) is 5.41 Å². The molecule has 1 heterocycles. The lowest BCUT2D eigenvalue weighted by atomic mass is 10.2. The van der Waals surface area contributed by atoms with E-state index in [4.69, 9.17) is 27.5 Å². The van der Waals surface area contributed by atoms with Crippen molar-refractivity contribution in [3.63, 3.8) is 0 Å². The van der Waals surface area contributed by atoms with Crippen LogP contribution in [0.25, 0.3) is 0 Å². The summed E-state index contributed by atoms with van der Waals surface area (Å²) in [6.45, 7) is 2.40. The number of benzene rings is 1. The predicted octanol–water partition coefficient (Wildman–Crippen LogP) is 3.26. The maximum Gasteiger partial charge on any atom is 0.138 e. The van der Waals surface area contributed by atoms with Gasteiger partial charge in [0.1, 0.15) is 18.2 Å². The highest BCUT2D eigenvalue weighted by molar-refractivity contribution is 9.10. The number of nitrogen functional groups attached to an aromatic ring is 1. The number of amidine groups is 1. The molecule has 3 N–H and O–H groups in total. The number of nitrogens with zero attached hydrogens (tertiary/aromatic N) is 2. The van der Waals surface area contributed by atoms with Crippen molar-refractivity contribution in [1.29, 1.82) is 5.41 Å². The molecule has 1 aromatic carbocycles. The normalized spacial score (nSPS) is 10.7. The smallest absolute Gasteiger partial charge is 0.138 e. The van der Waals surface area contributed by atoms with Crippen molar-refractivity contribution in [3.05, 3.63) is 44.6 Å². The van der Waals surface area contributed by atoms with Crippen LogP contribution in [0.4, 0.5) is 0 Å². The molecule has 5 nitrogen and oxygen atoms in total. The maximum atomic E-state index is 7.38. The number of rotatable bonds is 5. The minimum absolute atomic E-state index is 0.0228. The van der Waals surface area contributed by atoms with Crippen LogP contribution in [-0.4, -0.2) is 15.6 Å². The Bertz CT molecular complexity index is 684. The van der Waals surface area contributed by atoms with Crippen molar-refractivity contribution in [1.82, 2.24) is 9.78 Å². The summed E-state index contributed by atoms with van der Waals surface area (Å²) >= 11 is 9.68. The van der Waals surface area contributed by atoms with Gasteiger partial charge in [-0.25, -0.2) is 0 Å². The molecular weight excluding hydrogens is 356 g/mol. The average Bonchev–Trinajstić information content (AvgIpc) is 2.72. The molecule has 0 radical (unpaired) electrons. The lowest BCUT2D eigenvalue weighted by Crippen LogP contribution is -2.11. The molecule has 7 heteroatoms. The summed E-state index contributed by atoms with van der Waals surface area (Å²) in [5.74, 6) is 0.526. The Balaban J connectivity index is 2.17. The van der Waals surface area contributed by atoms with E-state index in [1.165, 1.54) is 0 Å². The first-order valence-electron chi connectivity index (χ1n) is 6.41. The molecule has 0 unspecified atom stereocenters. The summed E-state index contributed by atoms with van der Waals surface area (Å²) in [6.07, 6.45) is 0.850. The summed E-state index contributed by atoms with van der Waals surface area (Å²) < 4.78 is 8.50. The third kappa shape index (κ3) is 3.39. The SMILES string of the molecule is CCc1nn(C)c(COc2ccc(C(=N)N)cc2Cl)c1Br. The van der Waals surface area contributed by atoms with Crippen LogP contribution in [-0.2, 0) is 20.1 Å². The molecule has 0 aliphatic carbocycles. The highest BCUT2D eigenvalue weighted by atomic mass is 79.9. The van der Waals surface area contributed by atoms with Gasteiger partial charge in [-0.2, -0.15) is 5.10 Å². The molecule has 0 atom stereocenters. The van der Waals surface area contributed by atoms with Gasteiger partial charge in [-0.15, -0.1) is 0 Å². The van der Waals surface area contributed by atoms with E-state index in [0.29, 0.717) is 22.9 Å². The van der Waals surface area contributed by atoms with Crippen molar-refractivity contribution in [3.8, 4) is 5.75 Å². The lowest BCUT2D eigenvalue weighted by molar-refractivity contribution is 0.294. The number of nitrogens with one attached hydrogen (secondary N) is 1. The zero-order valence-electron chi connectivity index (χ0n) is 11.8. The Morgan fingerprint density at radius 3 is 2.76 bits per heavy atom. The fourth-order valence-corrected chi connectivity index (χ4v) is 2.87. The predicted molar refractivity (Wildman–Crippen MR) is 87.1 cm³/mol. The molecule has 0 bridgehead atoms. The number of halogens is 2. The molecule has 2 aromatic rings. The fraction of sp³-hybridized carbons (Fsp3) is 0.286. The van der Waals surface area contributed by atoms with Gasteiger partial charge in [0, 0.05) is 12.6 Å². The second kappa shape index (κ2) is 6.49.